The SMILES string of the molecule is CCC1(OC(C)C)C(=O)OCc2c1cc1n(c2=O)Cc2c-1nc1cc(F)c(C)c3c1c2C(NC(=O)Cc1ccncc1)CC3. The third kappa shape index (κ3) is 4.18. The number of nitrogens with one attached hydrogen (secondary N) is 1. The molecule has 0 saturated carbocycles. The zero-order valence-electron chi connectivity index (χ0n) is 25.1. The molecule has 0 spiro atoms. The van der Waals surface area contributed by atoms with Gasteiger partial charge >= 0.3 is 5.97 Å². The molecule has 7 rings (SSSR count). The molecule has 5 heterocycles. The number of aromatic nitrogens is 3. The van der Waals surface area contributed by atoms with E-state index in [4.69, 9.17) is 14.5 Å². The molecule has 2 aliphatic heterocycles. The molecular formula is C34H33FN4O5. The summed E-state index contributed by atoms with van der Waals surface area (Å²) in [7, 11) is 0. The van der Waals surface area contributed by atoms with Crippen LogP contribution < -0.4 is 10.9 Å². The van der Waals surface area contributed by atoms with E-state index in [1.54, 1.807) is 23.9 Å². The van der Waals surface area contributed by atoms with Gasteiger partial charge < -0.3 is 19.4 Å². The molecule has 2 atom stereocenters. The van der Waals surface area contributed by atoms with E-state index in [2.05, 4.69) is 10.3 Å². The lowest BCUT2D eigenvalue weighted by Gasteiger charge is -2.37. The number of hydrogen-bond donors (Lipinski definition) is 1. The van der Waals surface area contributed by atoms with E-state index in [-0.39, 0.29) is 55.4 Å². The van der Waals surface area contributed by atoms with Crippen molar-refractivity contribution in [2.24, 2.45) is 0 Å². The summed E-state index contributed by atoms with van der Waals surface area (Å²) < 4.78 is 28.6. The summed E-state index contributed by atoms with van der Waals surface area (Å²) >= 11 is 0. The van der Waals surface area contributed by atoms with E-state index in [9.17, 15) is 14.4 Å². The van der Waals surface area contributed by atoms with Crippen LogP contribution in [0.2, 0.25) is 0 Å². The number of cyclic esters (lactones) is 1. The third-order valence-electron chi connectivity index (χ3n) is 9.23. The highest BCUT2D eigenvalue weighted by atomic mass is 19.1. The fourth-order valence-corrected chi connectivity index (χ4v) is 7.22. The molecule has 3 aromatic heterocycles. The monoisotopic (exact) mass is 596 g/mol. The average molecular weight is 597 g/mol. The summed E-state index contributed by atoms with van der Waals surface area (Å²) in [5, 5.41) is 4.06. The van der Waals surface area contributed by atoms with Crippen molar-refractivity contribution in [2.75, 3.05) is 0 Å². The molecule has 0 bridgehead atoms. The second kappa shape index (κ2) is 10.3. The normalized spacial score (nSPS) is 19.9. The number of carbonyl (C=O) groups excluding carboxylic acids is 2. The first-order valence-corrected chi connectivity index (χ1v) is 15.1. The molecule has 4 aromatic rings. The van der Waals surface area contributed by atoms with Crippen molar-refractivity contribution in [2.45, 2.75) is 84.3 Å². The first kappa shape index (κ1) is 28.3. The lowest BCUT2D eigenvalue weighted by molar-refractivity contribution is -0.187. The van der Waals surface area contributed by atoms with Crippen molar-refractivity contribution in [1.82, 2.24) is 19.9 Å². The molecule has 0 radical (unpaired) electrons. The molecule has 1 aliphatic carbocycles. The van der Waals surface area contributed by atoms with Crippen LogP contribution in [0.1, 0.15) is 78.6 Å². The fourth-order valence-electron chi connectivity index (χ4n) is 7.22. The van der Waals surface area contributed by atoms with Crippen molar-refractivity contribution in [1.29, 1.82) is 0 Å². The quantitative estimate of drug-likeness (QED) is 0.283. The molecular weight excluding hydrogens is 563 g/mol. The zero-order chi connectivity index (χ0) is 30.9. The van der Waals surface area contributed by atoms with Gasteiger partial charge in [0.25, 0.3) is 5.56 Å². The van der Waals surface area contributed by atoms with Gasteiger partial charge in [-0.2, -0.15) is 0 Å². The van der Waals surface area contributed by atoms with Gasteiger partial charge in [-0.3, -0.25) is 14.6 Å². The number of aryl methyl sites for hydroxylation is 1. The van der Waals surface area contributed by atoms with Gasteiger partial charge in [0.05, 0.1) is 47.6 Å². The first-order chi connectivity index (χ1) is 21.1. The highest BCUT2D eigenvalue weighted by Gasteiger charge is 2.49. The number of nitrogens with zero attached hydrogens (tertiary/aromatic N) is 3. The topological polar surface area (TPSA) is 112 Å². The predicted molar refractivity (Wildman–Crippen MR) is 160 cm³/mol. The van der Waals surface area contributed by atoms with Crippen LogP contribution in [0.3, 0.4) is 0 Å². The Hall–Kier alpha value is -4.44. The molecule has 3 aliphatic rings. The molecule has 0 fully saturated rings. The Balaban J connectivity index is 1.42. The van der Waals surface area contributed by atoms with Crippen molar-refractivity contribution >= 4 is 22.8 Å². The van der Waals surface area contributed by atoms with Gasteiger partial charge in [0.15, 0.2) is 5.60 Å². The van der Waals surface area contributed by atoms with Crippen molar-refractivity contribution in [3.05, 3.63) is 91.8 Å². The molecule has 44 heavy (non-hydrogen) atoms. The molecule has 1 N–H and O–H groups in total. The smallest absolute Gasteiger partial charge is 0.343 e. The molecule has 0 saturated heterocycles. The van der Waals surface area contributed by atoms with Crippen molar-refractivity contribution in [3.63, 3.8) is 0 Å². The Labute approximate surface area is 253 Å². The van der Waals surface area contributed by atoms with E-state index in [1.807, 2.05) is 39.0 Å². The maximum absolute atomic E-state index is 15.2. The van der Waals surface area contributed by atoms with Crippen LogP contribution in [-0.4, -0.2) is 32.5 Å². The minimum Gasteiger partial charge on any atom is -0.458 e. The molecule has 10 heteroatoms. The number of esters is 1. The number of amides is 1. The Morgan fingerprint density at radius 2 is 1.98 bits per heavy atom. The summed E-state index contributed by atoms with van der Waals surface area (Å²) in [6.45, 7) is 7.37. The Bertz CT molecular complexity index is 1940. The van der Waals surface area contributed by atoms with Gasteiger partial charge in [-0.1, -0.05) is 6.92 Å². The molecule has 1 amide bonds. The Morgan fingerprint density at radius 1 is 1.20 bits per heavy atom. The minimum atomic E-state index is -1.43. The minimum absolute atomic E-state index is 0.139. The van der Waals surface area contributed by atoms with Crippen LogP contribution in [0.25, 0.3) is 22.3 Å². The van der Waals surface area contributed by atoms with Crippen molar-refractivity contribution < 1.29 is 23.5 Å². The molecule has 226 valence electrons. The number of carbonyl (C=O) groups is 2. The number of halogens is 1. The highest BCUT2D eigenvalue weighted by Crippen LogP contribution is 2.46. The second-order valence-corrected chi connectivity index (χ2v) is 12.1. The maximum atomic E-state index is 15.2. The molecule has 1 aromatic carbocycles. The first-order valence-electron chi connectivity index (χ1n) is 15.1. The summed E-state index contributed by atoms with van der Waals surface area (Å²) in [6.07, 6.45) is 4.65. The van der Waals surface area contributed by atoms with Gasteiger partial charge in [-0.05, 0) is 80.5 Å². The lowest BCUT2D eigenvalue weighted by atomic mass is 9.81. The summed E-state index contributed by atoms with van der Waals surface area (Å²) in [5.41, 5.74) is 4.70. The van der Waals surface area contributed by atoms with Gasteiger partial charge in [0, 0.05) is 35.0 Å². The summed E-state index contributed by atoms with van der Waals surface area (Å²) in [5.74, 6) is -1.01. The summed E-state index contributed by atoms with van der Waals surface area (Å²) in [4.78, 5) is 49.5. The van der Waals surface area contributed by atoms with E-state index in [0.29, 0.717) is 46.4 Å². The van der Waals surface area contributed by atoms with Crippen LogP contribution in [0.15, 0.2) is 41.5 Å². The van der Waals surface area contributed by atoms with E-state index in [1.165, 1.54) is 6.07 Å². The van der Waals surface area contributed by atoms with E-state index in [0.717, 1.165) is 27.6 Å². The van der Waals surface area contributed by atoms with Crippen molar-refractivity contribution in [3.8, 4) is 11.4 Å². The number of fused-ring (bicyclic) bond motifs is 5. The summed E-state index contributed by atoms with van der Waals surface area (Å²) in [6, 6.07) is 6.52. The van der Waals surface area contributed by atoms with E-state index >= 15 is 4.39 Å². The number of benzene rings is 1. The standard InChI is InChI=1S/C34H33FN4O5/c1-5-34(44-17(2)3)23-13-27-31-21(15-39(27)32(41)22(23)16-43-33(34)42)30-25(37-28(40)12-19-8-10-36-11-9-19)7-6-20-18(4)24(35)14-26(38-31)29(20)30/h8-11,13-14,17,25H,5-7,12,15-16H2,1-4H3,(H,37,40). The number of rotatable bonds is 6. The van der Waals surface area contributed by atoms with Gasteiger partial charge in [0.1, 0.15) is 12.4 Å². The van der Waals surface area contributed by atoms with E-state index < -0.39 is 11.6 Å². The van der Waals surface area contributed by atoms with Gasteiger partial charge in [-0.15, -0.1) is 0 Å². The zero-order valence-corrected chi connectivity index (χ0v) is 25.1. The average Bonchev–Trinajstić information content (AvgIpc) is 3.37. The third-order valence-corrected chi connectivity index (χ3v) is 9.23. The largest absolute Gasteiger partial charge is 0.458 e. The van der Waals surface area contributed by atoms with Crippen LogP contribution in [0.5, 0.6) is 0 Å². The van der Waals surface area contributed by atoms with Gasteiger partial charge in [0.2, 0.25) is 5.91 Å². The van der Waals surface area contributed by atoms with Crippen LogP contribution >= 0.6 is 0 Å². The van der Waals surface area contributed by atoms with Crippen LogP contribution in [-0.2, 0) is 50.7 Å². The highest BCUT2D eigenvalue weighted by molar-refractivity contribution is 5.94. The Kier molecular flexibility index (Phi) is 6.65. The number of pyridine rings is 3. The Morgan fingerprint density at radius 3 is 2.70 bits per heavy atom. The second-order valence-electron chi connectivity index (χ2n) is 12.1. The van der Waals surface area contributed by atoms with Crippen LogP contribution in [0, 0.1) is 12.7 Å². The lowest BCUT2D eigenvalue weighted by Crippen LogP contribution is -2.47. The number of ether oxygens (including phenoxy) is 2. The fraction of sp³-hybridized carbons (Fsp3) is 0.382. The van der Waals surface area contributed by atoms with Crippen LogP contribution in [0.4, 0.5) is 4.39 Å². The predicted octanol–water partition coefficient (Wildman–Crippen LogP) is 4.70. The molecule has 2 unspecified atom stereocenters. The molecule has 9 nitrogen and oxygen atoms in total. The number of hydrogen-bond acceptors (Lipinski definition) is 7. The van der Waals surface area contributed by atoms with Gasteiger partial charge in [-0.25, -0.2) is 14.2 Å². The maximum Gasteiger partial charge on any atom is 0.343 e.